The van der Waals surface area contributed by atoms with E-state index in [1.807, 2.05) is 13.8 Å². The largest absolute Gasteiger partial charge is 0.494 e. The van der Waals surface area contributed by atoms with Crippen LogP contribution in [0.25, 0.3) is 0 Å². The number of aliphatic carboxylic acids is 1. The summed E-state index contributed by atoms with van der Waals surface area (Å²) in [5.74, 6) is -0.344. The number of hydrogen-bond acceptors (Lipinski definition) is 4. The molecule has 0 heterocycles. The molecule has 0 fully saturated rings. The van der Waals surface area contributed by atoms with Crippen LogP contribution in [0.5, 0.6) is 11.5 Å². The van der Waals surface area contributed by atoms with Crippen LogP contribution in [0.1, 0.15) is 25.5 Å². The van der Waals surface area contributed by atoms with E-state index in [2.05, 4.69) is 0 Å². The van der Waals surface area contributed by atoms with Gasteiger partial charge in [-0.15, -0.1) is 0 Å². The van der Waals surface area contributed by atoms with Crippen molar-refractivity contribution >= 4 is 5.97 Å². The highest BCUT2D eigenvalue weighted by molar-refractivity contribution is 5.74. The van der Waals surface area contributed by atoms with E-state index in [0.29, 0.717) is 24.7 Å². The molecular formula is C12H16O5. The first-order valence-corrected chi connectivity index (χ1v) is 5.40. The Kier molecular flexibility index (Phi) is 4.78. The zero-order chi connectivity index (χ0) is 12.8. The second-order valence-electron chi connectivity index (χ2n) is 3.34. The van der Waals surface area contributed by atoms with E-state index >= 15 is 0 Å². The third-order valence-corrected chi connectivity index (χ3v) is 2.07. The van der Waals surface area contributed by atoms with Crippen molar-refractivity contribution in [3.63, 3.8) is 0 Å². The monoisotopic (exact) mass is 240 g/mol. The predicted octanol–water partition coefficient (Wildman–Crippen LogP) is 1.60. The van der Waals surface area contributed by atoms with Gasteiger partial charge in [0, 0.05) is 6.07 Å². The van der Waals surface area contributed by atoms with Crippen molar-refractivity contribution in [2.24, 2.45) is 0 Å². The molecule has 17 heavy (non-hydrogen) atoms. The molecular weight excluding hydrogens is 224 g/mol. The molecule has 0 aliphatic rings. The lowest BCUT2D eigenvalue weighted by Crippen LogP contribution is -2.11. The Labute approximate surface area is 99.6 Å². The molecule has 0 amide bonds. The Hall–Kier alpha value is -1.75. The molecule has 1 aromatic rings. The number of carboxylic acid groups (broad SMARTS) is 1. The predicted molar refractivity (Wildman–Crippen MR) is 61.4 cm³/mol. The number of carboxylic acids is 1. The zero-order valence-corrected chi connectivity index (χ0v) is 9.84. The summed E-state index contributed by atoms with van der Waals surface area (Å²) < 4.78 is 10.6. The molecule has 0 saturated carbocycles. The topological polar surface area (TPSA) is 76.0 Å². The molecule has 1 atom stereocenters. The van der Waals surface area contributed by atoms with Gasteiger partial charge >= 0.3 is 5.97 Å². The van der Waals surface area contributed by atoms with Crippen LogP contribution in [0, 0.1) is 0 Å². The Morgan fingerprint density at radius 2 is 1.65 bits per heavy atom. The molecule has 0 spiro atoms. The number of carbonyl (C=O) groups is 1. The summed E-state index contributed by atoms with van der Waals surface area (Å²) in [7, 11) is 0. The van der Waals surface area contributed by atoms with E-state index in [9.17, 15) is 9.90 Å². The number of hydrogen-bond donors (Lipinski definition) is 2. The smallest absolute Gasteiger partial charge is 0.337 e. The Bertz CT molecular complexity index is 364. The number of aliphatic hydroxyl groups is 1. The van der Waals surface area contributed by atoms with Crippen molar-refractivity contribution in [2.75, 3.05) is 13.2 Å². The molecule has 1 unspecified atom stereocenters. The van der Waals surface area contributed by atoms with Gasteiger partial charge in [0.1, 0.15) is 11.5 Å². The molecule has 5 heteroatoms. The van der Waals surface area contributed by atoms with Gasteiger partial charge in [-0.3, -0.25) is 0 Å². The molecule has 94 valence electrons. The highest BCUT2D eigenvalue weighted by Crippen LogP contribution is 2.27. The van der Waals surface area contributed by atoms with Crippen molar-refractivity contribution in [1.82, 2.24) is 0 Å². The molecule has 0 bridgehead atoms. The fraction of sp³-hybridized carbons (Fsp3) is 0.417. The summed E-state index contributed by atoms with van der Waals surface area (Å²) in [6.45, 7) is 4.55. The first-order chi connectivity index (χ1) is 8.08. The van der Waals surface area contributed by atoms with Crippen LogP contribution in [0.2, 0.25) is 0 Å². The number of aliphatic hydroxyl groups excluding tert-OH is 1. The third kappa shape index (κ3) is 3.64. The van der Waals surface area contributed by atoms with Crippen LogP contribution in [-0.4, -0.2) is 29.4 Å². The maximum atomic E-state index is 10.7. The maximum Gasteiger partial charge on any atom is 0.337 e. The van der Waals surface area contributed by atoms with Crippen LogP contribution < -0.4 is 9.47 Å². The molecule has 0 saturated heterocycles. The summed E-state index contributed by atoms with van der Waals surface area (Å²) in [5, 5.41) is 18.2. The Balaban J connectivity index is 3.06. The number of benzene rings is 1. The Morgan fingerprint density at radius 3 is 2.00 bits per heavy atom. The molecule has 0 radical (unpaired) electrons. The normalized spacial score (nSPS) is 11.9. The van der Waals surface area contributed by atoms with Gasteiger partial charge in [-0.25, -0.2) is 4.79 Å². The van der Waals surface area contributed by atoms with E-state index in [4.69, 9.17) is 14.6 Å². The van der Waals surface area contributed by atoms with Crippen molar-refractivity contribution in [3.8, 4) is 11.5 Å². The minimum atomic E-state index is -1.57. The lowest BCUT2D eigenvalue weighted by molar-refractivity contribution is -0.146. The van der Waals surface area contributed by atoms with Gasteiger partial charge in [-0.2, -0.15) is 0 Å². The summed E-state index contributed by atoms with van der Waals surface area (Å²) in [6, 6.07) is 4.64. The average Bonchev–Trinajstić information content (AvgIpc) is 2.28. The van der Waals surface area contributed by atoms with Crippen molar-refractivity contribution in [3.05, 3.63) is 23.8 Å². The van der Waals surface area contributed by atoms with Gasteiger partial charge in [0.15, 0.2) is 6.10 Å². The molecule has 1 aromatic carbocycles. The highest BCUT2D eigenvalue weighted by Gasteiger charge is 2.17. The van der Waals surface area contributed by atoms with Crippen molar-refractivity contribution in [1.29, 1.82) is 0 Å². The molecule has 2 N–H and O–H groups in total. The Morgan fingerprint density at radius 1 is 1.18 bits per heavy atom. The van der Waals surface area contributed by atoms with Crippen LogP contribution >= 0.6 is 0 Å². The lowest BCUT2D eigenvalue weighted by atomic mass is 10.1. The van der Waals surface area contributed by atoms with E-state index in [1.165, 1.54) is 12.1 Å². The molecule has 0 aliphatic heterocycles. The summed E-state index contributed by atoms with van der Waals surface area (Å²) in [4.78, 5) is 10.7. The van der Waals surface area contributed by atoms with Gasteiger partial charge in [0.25, 0.3) is 0 Å². The highest BCUT2D eigenvalue weighted by atomic mass is 16.5. The van der Waals surface area contributed by atoms with Crippen LogP contribution in [0.15, 0.2) is 18.2 Å². The van der Waals surface area contributed by atoms with Crippen LogP contribution in [-0.2, 0) is 4.79 Å². The first-order valence-electron chi connectivity index (χ1n) is 5.40. The molecule has 5 nitrogen and oxygen atoms in total. The minimum absolute atomic E-state index is 0.243. The fourth-order valence-corrected chi connectivity index (χ4v) is 1.39. The van der Waals surface area contributed by atoms with Crippen LogP contribution in [0.4, 0.5) is 0 Å². The van der Waals surface area contributed by atoms with Crippen molar-refractivity contribution < 1.29 is 24.5 Å². The van der Waals surface area contributed by atoms with Gasteiger partial charge in [0.05, 0.1) is 13.2 Å². The number of ether oxygens (including phenoxy) is 2. The quantitative estimate of drug-likeness (QED) is 0.789. The standard InChI is InChI=1S/C12H16O5/c1-3-16-9-5-8(11(13)12(14)15)6-10(7-9)17-4-2/h5-7,11,13H,3-4H2,1-2H3,(H,14,15). The second-order valence-corrected chi connectivity index (χ2v) is 3.34. The van der Waals surface area contributed by atoms with Gasteiger partial charge < -0.3 is 19.7 Å². The van der Waals surface area contributed by atoms with Crippen molar-refractivity contribution in [2.45, 2.75) is 20.0 Å². The van der Waals surface area contributed by atoms with E-state index in [1.54, 1.807) is 6.07 Å². The van der Waals surface area contributed by atoms with Gasteiger partial charge in [-0.1, -0.05) is 0 Å². The summed E-state index contributed by atoms with van der Waals surface area (Å²) in [6.07, 6.45) is -1.57. The maximum absolute atomic E-state index is 10.7. The SMILES string of the molecule is CCOc1cc(OCC)cc(C(O)C(=O)O)c1. The molecule has 0 aliphatic carbocycles. The summed E-state index contributed by atoms with van der Waals surface area (Å²) in [5.41, 5.74) is 0.243. The lowest BCUT2D eigenvalue weighted by Gasteiger charge is -2.12. The molecule has 1 rings (SSSR count). The van der Waals surface area contributed by atoms with Gasteiger partial charge in [-0.05, 0) is 31.5 Å². The third-order valence-electron chi connectivity index (χ3n) is 2.07. The fourth-order valence-electron chi connectivity index (χ4n) is 1.39. The molecule has 0 aromatic heterocycles. The van der Waals surface area contributed by atoms with E-state index < -0.39 is 12.1 Å². The van der Waals surface area contributed by atoms with Crippen LogP contribution in [0.3, 0.4) is 0 Å². The zero-order valence-electron chi connectivity index (χ0n) is 9.84. The number of rotatable bonds is 6. The van der Waals surface area contributed by atoms with E-state index in [0.717, 1.165) is 0 Å². The average molecular weight is 240 g/mol. The summed E-state index contributed by atoms with van der Waals surface area (Å²) >= 11 is 0. The minimum Gasteiger partial charge on any atom is -0.494 e. The second kappa shape index (κ2) is 6.10. The van der Waals surface area contributed by atoms with Gasteiger partial charge in [0.2, 0.25) is 0 Å². The first kappa shape index (κ1) is 13.3. The van der Waals surface area contributed by atoms with E-state index in [-0.39, 0.29) is 5.56 Å².